The SMILES string of the molecule is O=C(O)[C@H]1CNC[C@@H](CN/N=C/c2cnc(-c3ccccc3)nc2)C1. The molecule has 3 rings (SSSR count). The van der Waals surface area contributed by atoms with Gasteiger partial charge in [0, 0.05) is 36.6 Å². The first-order valence-electron chi connectivity index (χ1n) is 8.29. The fourth-order valence-electron chi connectivity index (χ4n) is 2.82. The highest BCUT2D eigenvalue weighted by molar-refractivity contribution is 5.78. The van der Waals surface area contributed by atoms with E-state index < -0.39 is 5.97 Å². The summed E-state index contributed by atoms with van der Waals surface area (Å²) in [4.78, 5) is 19.7. The number of carboxylic acids is 1. The first kappa shape index (κ1) is 17.0. The van der Waals surface area contributed by atoms with Crippen LogP contribution in [0.25, 0.3) is 11.4 Å². The Hall–Kier alpha value is -2.80. The number of aliphatic carboxylic acids is 1. The van der Waals surface area contributed by atoms with Crippen LogP contribution in [-0.4, -0.2) is 46.9 Å². The number of nitrogens with one attached hydrogen (secondary N) is 2. The van der Waals surface area contributed by atoms with E-state index >= 15 is 0 Å². The van der Waals surface area contributed by atoms with Crippen LogP contribution in [-0.2, 0) is 4.79 Å². The van der Waals surface area contributed by atoms with Gasteiger partial charge in [-0.2, -0.15) is 5.10 Å². The molecular formula is C18H21N5O2. The maximum Gasteiger partial charge on any atom is 0.307 e. The molecule has 2 atom stereocenters. The van der Waals surface area contributed by atoms with Gasteiger partial charge in [-0.15, -0.1) is 0 Å². The molecule has 0 radical (unpaired) electrons. The zero-order chi connectivity index (χ0) is 17.5. The number of hydrazone groups is 1. The van der Waals surface area contributed by atoms with E-state index in [0.717, 1.165) is 17.7 Å². The molecule has 0 saturated carbocycles. The standard InChI is InChI=1S/C18H21N5O2/c24-18(25)16-6-13(7-19-12-16)10-22-23-11-14-8-20-17(21-9-14)15-4-2-1-3-5-15/h1-5,8-9,11,13,16,19,22H,6-7,10,12H2,(H,24,25)/b23-11+/t13-,16+/m0/s1. The molecule has 1 aliphatic heterocycles. The Morgan fingerprint density at radius 1 is 1.28 bits per heavy atom. The molecule has 3 N–H and O–H groups in total. The van der Waals surface area contributed by atoms with Gasteiger partial charge in [-0.05, 0) is 18.9 Å². The lowest BCUT2D eigenvalue weighted by Gasteiger charge is -2.27. The molecule has 25 heavy (non-hydrogen) atoms. The van der Waals surface area contributed by atoms with Gasteiger partial charge >= 0.3 is 5.97 Å². The highest BCUT2D eigenvalue weighted by Crippen LogP contribution is 2.16. The summed E-state index contributed by atoms with van der Waals surface area (Å²) < 4.78 is 0. The molecule has 1 fully saturated rings. The second kappa shape index (κ2) is 8.34. The average Bonchev–Trinajstić information content (AvgIpc) is 2.67. The Kier molecular flexibility index (Phi) is 5.69. The maximum absolute atomic E-state index is 11.0. The van der Waals surface area contributed by atoms with Crippen molar-refractivity contribution in [3.05, 3.63) is 48.3 Å². The molecule has 0 bridgehead atoms. The van der Waals surface area contributed by atoms with E-state index in [1.54, 1.807) is 18.6 Å². The van der Waals surface area contributed by atoms with Crippen molar-refractivity contribution in [3.8, 4) is 11.4 Å². The number of piperidine rings is 1. The Labute approximate surface area is 146 Å². The van der Waals surface area contributed by atoms with Gasteiger partial charge in [0.1, 0.15) is 0 Å². The number of aromatic nitrogens is 2. The third-order valence-corrected chi connectivity index (χ3v) is 4.18. The summed E-state index contributed by atoms with van der Waals surface area (Å²) in [6.07, 6.45) is 5.78. The van der Waals surface area contributed by atoms with Crippen LogP contribution in [0.4, 0.5) is 0 Å². The van der Waals surface area contributed by atoms with Crippen LogP contribution in [0.5, 0.6) is 0 Å². The largest absolute Gasteiger partial charge is 0.481 e. The molecule has 0 spiro atoms. The van der Waals surface area contributed by atoms with Crippen LogP contribution in [0, 0.1) is 11.8 Å². The minimum absolute atomic E-state index is 0.253. The third kappa shape index (κ3) is 4.84. The summed E-state index contributed by atoms with van der Waals surface area (Å²) in [7, 11) is 0. The molecule has 7 nitrogen and oxygen atoms in total. The van der Waals surface area contributed by atoms with E-state index in [1.165, 1.54) is 0 Å². The first-order chi connectivity index (χ1) is 12.2. The Bertz CT molecular complexity index is 718. The van der Waals surface area contributed by atoms with E-state index in [0.29, 0.717) is 25.3 Å². The summed E-state index contributed by atoms with van der Waals surface area (Å²) in [6, 6.07) is 9.79. The summed E-state index contributed by atoms with van der Waals surface area (Å²) in [6.45, 7) is 1.98. The monoisotopic (exact) mass is 339 g/mol. The fourth-order valence-corrected chi connectivity index (χ4v) is 2.82. The van der Waals surface area contributed by atoms with E-state index in [1.807, 2.05) is 30.3 Å². The summed E-state index contributed by atoms with van der Waals surface area (Å²) >= 11 is 0. The van der Waals surface area contributed by atoms with E-state index in [4.69, 9.17) is 5.11 Å². The lowest BCUT2D eigenvalue weighted by atomic mass is 9.91. The van der Waals surface area contributed by atoms with Crippen LogP contribution in [0.1, 0.15) is 12.0 Å². The number of benzene rings is 1. The number of carbonyl (C=O) groups is 1. The molecule has 0 unspecified atom stereocenters. The molecule has 0 amide bonds. The molecule has 1 aromatic carbocycles. The fraction of sp³-hybridized carbons (Fsp3) is 0.333. The Morgan fingerprint density at radius 3 is 2.76 bits per heavy atom. The van der Waals surface area contributed by atoms with E-state index in [2.05, 4.69) is 25.8 Å². The lowest BCUT2D eigenvalue weighted by molar-refractivity contribution is -0.142. The zero-order valence-corrected chi connectivity index (χ0v) is 13.8. The predicted molar refractivity (Wildman–Crippen MR) is 95.2 cm³/mol. The van der Waals surface area contributed by atoms with E-state index in [-0.39, 0.29) is 11.8 Å². The van der Waals surface area contributed by atoms with Crippen LogP contribution >= 0.6 is 0 Å². The maximum atomic E-state index is 11.0. The molecule has 1 aliphatic rings. The van der Waals surface area contributed by atoms with Crippen molar-refractivity contribution in [2.75, 3.05) is 19.6 Å². The van der Waals surface area contributed by atoms with Crippen molar-refractivity contribution in [1.82, 2.24) is 20.7 Å². The number of rotatable bonds is 6. The predicted octanol–water partition coefficient (Wildman–Crippen LogP) is 1.38. The number of carboxylic acid groups (broad SMARTS) is 1. The van der Waals surface area contributed by atoms with Gasteiger partial charge in [-0.3, -0.25) is 4.79 Å². The highest BCUT2D eigenvalue weighted by atomic mass is 16.4. The average molecular weight is 339 g/mol. The molecule has 7 heteroatoms. The van der Waals surface area contributed by atoms with Gasteiger partial charge in [0.15, 0.2) is 5.82 Å². The number of nitrogens with zero attached hydrogens (tertiary/aromatic N) is 3. The topological polar surface area (TPSA) is 99.5 Å². The van der Waals surface area contributed by atoms with Crippen LogP contribution < -0.4 is 10.7 Å². The van der Waals surface area contributed by atoms with Crippen molar-refractivity contribution < 1.29 is 9.90 Å². The van der Waals surface area contributed by atoms with Gasteiger partial charge in [0.05, 0.1) is 12.1 Å². The molecule has 2 aromatic rings. The molecule has 1 saturated heterocycles. The van der Waals surface area contributed by atoms with Gasteiger partial charge < -0.3 is 15.8 Å². The van der Waals surface area contributed by atoms with Gasteiger partial charge in [0.25, 0.3) is 0 Å². The summed E-state index contributed by atoms with van der Waals surface area (Å²) in [5.41, 5.74) is 4.77. The molecule has 130 valence electrons. The minimum Gasteiger partial charge on any atom is -0.481 e. The first-order valence-corrected chi connectivity index (χ1v) is 8.29. The number of hydrogen-bond acceptors (Lipinski definition) is 6. The summed E-state index contributed by atoms with van der Waals surface area (Å²) in [5.74, 6) is -0.123. The van der Waals surface area contributed by atoms with Crippen molar-refractivity contribution in [3.63, 3.8) is 0 Å². The summed E-state index contributed by atoms with van der Waals surface area (Å²) in [5, 5.41) is 16.4. The zero-order valence-electron chi connectivity index (χ0n) is 13.8. The minimum atomic E-state index is -0.739. The van der Waals surface area contributed by atoms with E-state index in [9.17, 15) is 4.79 Å². The highest BCUT2D eigenvalue weighted by Gasteiger charge is 2.26. The van der Waals surface area contributed by atoms with Crippen molar-refractivity contribution in [2.24, 2.45) is 16.9 Å². The van der Waals surface area contributed by atoms with Crippen LogP contribution in [0.3, 0.4) is 0 Å². The van der Waals surface area contributed by atoms with Gasteiger partial charge in [0.2, 0.25) is 0 Å². The van der Waals surface area contributed by atoms with Crippen LogP contribution in [0.2, 0.25) is 0 Å². The third-order valence-electron chi connectivity index (χ3n) is 4.18. The number of hydrogen-bond donors (Lipinski definition) is 3. The molecular weight excluding hydrogens is 318 g/mol. The molecule has 1 aromatic heterocycles. The van der Waals surface area contributed by atoms with Gasteiger partial charge in [-0.1, -0.05) is 30.3 Å². The smallest absolute Gasteiger partial charge is 0.307 e. The molecule has 2 heterocycles. The second-order valence-electron chi connectivity index (χ2n) is 6.12. The molecule has 0 aliphatic carbocycles. The van der Waals surface area contributed by atoms with Gasteiger partial charge in [-0.25, -0.2) is 9.97 Å². The van der Waals surface area contributed by atoms with Crippen molar-refractivity contribution >= 4 is 12.2 Å². The second-order valence-corrected chi connectivity index (χ2v) is 6.12. The lowest BCUT2D eigenvalue weighted by Crippen LogP contribution is -2.42. The van der Waals surface area contributed by atoms with Crippen LogP contribution in [0.15, 0.2) is 47.8 Å². The normalized spacial score (nSPS) is 20.5. The Balaban J connectivity index is 1.48. The Morgan fingerprint density at radius 2 is 2.04 bits per heavy atom. The van der Waals surface area contributed by atoms with Crippen molar-refractivity contribution in [2.45, 2.75) is 6.42 Å². The quantitative estimate of drug-likeness (QED) is 0.543. The van der Waals surface area contributed by atoms with Crippen molar-refractivity contribution in [1.29, 1.82) is 0 Å².